The maximum atomic E-state index is 12.9. The van der Waals surface area contributed by atoms with Gasteiger partial charge in [-0.1, -0.05) is 0 Å². The summed E-state index contributed by atoms with van der Waals surface area (Å²) in [5.74, 6) is -0.764. The van der Waals surface area contributed by atoms with Gasteiger partial charge in [0.05, 0.1) is 12.7 Å². The minimum absolute atomic E-state index is 0.0252. The Balaban J connectivity index is 2.01. The average Bonchev–Trinajstić information content (AvgIpc) is 3.07. The summed E-state index contributed by atoms with van der Waals surface area (Å²) in [6, 6.07) is 1.54. The van der Waals surface area contributed by atoms with E-state index in [4.69, 9.17) is 18.9 Å². The monoisotopic (exact) mass is 398 g/mol. The highest BCUT2D eigenvalue weighted by Gasteiger charge is 2.39. The van der Waals surface area contributed by atoms with Gasteiger partial charge >= 0.3 is 5.97 Å². The number of benzene rings is 2. The molecule has 0 fully saturated rings. The van der Waals surface area contributed by atoms with Crippen LogP contribution in [0.4, 0.5) is 0 Å². The molecule has 2 aromatic rings. The van der Waals surface area contributed by atoms with Crippen molar-refractivity contribution in [1.29, 1.82) is 0 Å². The maximum Gasteiger partial charge on any atom is 0.347 e. The predicted octanol–water partition coefficient (Wildman–Crippen LogP) is 3.05. The first-order valence-corrected chi connectivity index (χ1v) is 8.90. The van der Waals surface area contributed by atoms with Crippen LogP contribution in [0.3, 0.4) is 0 Å². The number of esters is 1. The van der Waals surface area contributed by atoms with Crippen LogP contribution in [0.15, 0.2) is 6.07 Å². The van der Waals surface area contributed by atoms with E-state index in [0.717, 1.165) is 0 Å². The summed E-state index contributed by atoms with van der Waals surface area (Å²) in [5.41, 5.74) is 1.25. The van der Waals surface area contributed by atoms with Crippen LogP contribution in [0, 0.1) is 13.8 Å². The lowest BCUT2D eigenvalue weighted by atomic mass is 10.0. The molecule has 2 aliphatic rings. The number of phenolic OH excluding ortho intramolecular Hbond substituents is 1. The van der Waals surface area contributed by atoms with Crippen molar-refractivity contribution in [3.63, 3.8) is 0 Å². The zero-order valence-corrected chi connectivity index (χ0v) is 16.2. The number of methoxy groups -OCH3 is 1. The van der Waals surface area contributed by atoms with E-state index in [1.165, 1.54) is 14.0 Å². The molecule has 0 saturated carbocycles. The first-order valence-electron chi connectivity index (χ1n) is 8.90. The number of hydrogen-bond donors (Lipinski definition) is 1. The van der Waals surface area contributed by atoms with Gasteiger partial charge in [0.25, 0.3) is 0 Å². The lowest BCUT2D eigenvalue weighted by Gasteiger charge is -2.17. The van der Waals surface area contributed by atoms with Gasteiger partial charge in [-0.25, -0.2) is 4.79 Å². The second kappa shape index (κ2) is 6.51. The maximum absolute atomic E-state index is 12.9. The molecule has 1 atom stereocenters. The van der Waals surface area contributed by atoms with Crippen molar-refractivity contribution >= 4 is 18.0 Å². The second-order valence-corrected chi connectivity index (χ2v) is 6.98. The van der Waals surface area contributed by atoms with Gasteiger partial charge < -0.3 is 24.1 Å². The molecule has 8 nitrogen and oxygen atoms in total. The minimum atomic E-state index is -0.790. The molecular formula is C21H18O8. The third-order valence-electron chi connectivity index (χ3n) is 5.19. The Hall–Kier alpha value is -3.55. The number of ether oxygens (including phenoxy) is 4. The van der Waals surface area contributed by atoms with Crippen molar-refractivity contribution in [2.75, 3.05) is 7.11 Å². The summed E-state index contributed by atoms with van der Waals surface area (Å²) in [7, 11) is 1.40. The predicted molar refractivity (Wildman–Crippen MR) is 99.8 cm³/mol. The van der Waals surface area contributed by atoms with Gasteiger partial charge in [0.2, 0.25) is 5.75 Å². The van der Waals surface area contributed by atoms with E-state index in [2.05, 4.69) is 0 Å². The number of rotatable bonds is 3. The van der Waals surface area contributed by atoms with Crippen LogP contribution in [-0.4, -0.2) is 36.4 Å². The van der Waals surface area contributed by atoms with Gasteiger partial charge in [0.15, 0.2) is 35.4 Å². The summed E-state index contributed by atoms with van der Waals surface area (Å²) in [6.07, 6.45) is -0.101. The fourth-order valence-corrected chi connectivity index (χ4v) is 3.64. The van der Waals surface area contributed by atoms with E-state index in [1.807, 2.05) is 0 Å². The molecule has 0 saturated heterocycles. The number of carbonyl (C=O) groups excluding carboxylic acids is 3. The highest BCUT2D eigenvalue weighted by Crippen LogP contribution is 2.55. The normalized spacial score (nSPS) is 16.4. The summed E-state index contributed by atoms with van der Waals surface area (Å²) in [4.78, 5) is 36.5. The van der Waals surface area contributed by atoms with E-state index in [-0.39, 0.29) is 63.4 Å². The van der Waals surface area contributed by atoms with Crippen LogP contribution in [0.5, 0.6) is 34.5 Å². The van der Waals surface area contributed by atoms with Gasteiger partial charge in [0, 0.05) is 17.5 Å². The Labute approximate surface area is 165 Å². The second-order valence-electron chi connectivity index (χ2n) is 6.98. The van der Waals surface area contributed by atoms with Crippen molar-refractivity contribution in [3.05, 3.63) is 33.9 Å². The molecule has 0 spiro atoms. The van der Waals surface area contributed by atoms with Crippen LogP contribution in [0.25, 0.3) is 0 Å². The topological polar surface area (TPSA) is 108 Å². The summed E-state index contributed by atoms with van der Waals surface area (Å²) >= 11 is 0. The van der Waals surface area contributed by atoms with E-state index in [9.17, 15) is 19.5 Å². The first-order chi connectivity index (χ1) is 13.8. The van der Waals surface area contributed by atoms with Gasteiger partial charge in [-0.15, -0.1) is 0 Å². The van der Waals surface area contributed by atoms with E-state index in [0.29, 0.717) is 17.4 Å². The fourth-order valence-electron chi connectivity index (χ4n) is 3.64. The number of fused-ring (bicyclic) bond motifs is 4. The highest BCUT2D eigenvalue weighted by molar-refractivity contribution is 6.02. The number of ketones is 1. The van der Waals surface area contributed by atoms with Crippen molar-refractivity contribution in [1.82, 2.24) is 0 Å². The zero-order chi connectivity index (χ0) is 21.0. The molecule has 0 radical (unpaired) electrons. The Morgan fingerprint density at radius 2 is 1.93 bits per heavy atom. The SMILES string of the molecule is COc1cc(C)c2c(c1C=O)Oc1c(c(C)c(O)c3c1O[C@H](C(C)=O)C3)OC2=O. The Bertz CT molecular complexity index is 1100. The fraction of sp³-hybridized carbons (Fsp3) is 0.286. The Morgan fingerprint density at radius 1 is 1.21 bits per heavy atom. The molecule has 0 amide bonds. The molecular weight excluding hydrogens is 380 g/mol. The van der Waals surface area contributed by atoms with E-state index < -0.39 is 12.1 Å². The number of hydrogen-bond acceptors (Lipinski definition) is 8. The van der Waals surface area contributed by atoms with Crippen LogP contribution in [0.2, 0.25) is 0 Å². The van der Waals surface area contributed by atoms with Crippen LogP contribution in [0.1, 0.15) is 44.3 Å². The Kier molecular flexibility index (Phi) is 4.22. The molecule has 2 aliphatic heterocycles. The zero-order valence-electron chi connectivity index (χ0n) is 16.2. The van der Waals surface area contributed by atoms with Crippen LogP contribution in [-0.2, 0) is 11.2 Å². The molecule has 0 bridgehead atoms. The number of aromatic hydroxyl groups is 1. The molecule has 2 aromatic carbocycles. The molecule has 0 aliphatic carbocycles. The number of aldehydes is 1. The lowest BCUT2D eigenvalue weighted by molar-refractivity contribution is -0.122. The van der Waals surface area contributed by atoms with Crippen LogP contribution < -0.4 is 18.9 Å². The molecule has 4 rings (SSSR count). The molecule has 29 heavy (non-hydrogen) atoms. The largest absolute Gasteiger partial charge is 0.507 e. The molecule has 1 N–H and O–H groups in total. The average molecular weight is 398 g/mol. The summed E-state index contributed by atoms with van der Waals surface area (Å²) < 4.78 is 22.5. The van der Waals surface area contributed by atoms with E-state index in [1.54, 1.807) is 19.9 Å². The van der Waals surface area contributed by atoms with Crippen molar-refractivity contribution < 1.29 is 38.4 Å². The minimum Gasteiger partial charge on any atom is -0.507 e. The quantitative estimate of drug-likeness (QED) is 0.477. The van der Waals surface area contributed by atoms with Gasteiger partial charge in [-0.05, 0) is 32.4 Å². The van der Waals surface area contributed by atoms with Gasteiger partial charge in [-0.3, -0.25) is 9.59 Å². The first kappa shape index (κ1) is 18.8. The standard InChI is InChI=1S/C21H18O8/c1-8-5-14(26-4)12(7-22)18-15(8)21(25)29-17-9(2)16(24)11-6-13(10(3)23)27-19(11)20(17)28-18/h5,7,13,24H,6H2,1-4H3/t13-/m0/s1. The van der Waals surface area contributed by atoms with Crippen molar-refractivity contribution in [2.24, 2.45) is 0 Å². The smallest absolute Gasteiger partial charge is 0.347 e. The third kappa shape index (κ3) is 2.63. The van der Waals surface area contributed by atoms with E-state index >= 15 is 0 Å². The van der Waals surface area contributed by atoms with Crippen molar-refractivity contribution in [3.8, 4) is 34.5 Å². The Morgan fingerprint density at radius 3 is 2.55 bits per heavy atom. The molecule has 150 valence electrons. The molecule has 8 heteroatoms. The number of carbonyl (C=O) groups is 3. The summed E-state index contributed by atoms with van der Waals surface area (Å²) in [6.45, 7) is 4.61. The highest BCUT2D eigenvalue weighted by atomic mass is 16.6. The van der Waals surface area contributed by atoms with Gasteiger partial charge in [0.1, 0.15) is 17.1 Å². The summed E-state index contributed by atoms with van der Waals surface area (Å²) in [5, 5.41) is 10.6. The molecule has 0 unspecified atom stereocenters. The van der Waals surface area contributed by atoms with Crippen LogP contribution >= 0.6 is 0 Å². The third-order valence-corrected chi connectivity index (χ3v) is 5.19. The van der Waals surface area contributed by atoms with Gasteiger partial charge in [-0.2, -0.15) is 0 Å². The van der Waals surface area contributed by atoms with Crippen molar-refractivity contribution in [2.45, 2.75) is 33.3 Å². The lowest BCUT2D eigenvalue weighted by Crippen LogP contribution is -2.22. The number of aryl methyl sites for hydroxylation is 1. The molecule has 2 heterocycles. The number of Topliss-reactive ketones (excluding diaryl/α,β-unsaturated/α-hetero) is 1. The number of phenols is 1. The molecule has 0 aromatic heterocycles.